The van der Waals surface area contributed by atoms with E-state index < -0.39 is 12.2 Å². The number of hydrogen-bond acceptors (Lipinski definition) is 5. The number of rotatable bonds is 7. The van der Waals surface area contributed by atoms with Crippen LogP contribution in [-0.4, -0.2) is 22.4 Å². The Balaban J connectivity index is 2.00. The molecule has 0 amide bonds. The fourth-order valence-electron chi connectivity index (χ4n) is 2.63. The van der Waals surface area contributed by atoms with Crippen LogP contribution in [0.15, 0.2) is 48.5 Å². The first-order valence-corrected chi connectivity index (χ1v) is 9.74. The second-order valence-electron chi connectivity index (χ2n) is 6.74. The lowest BCUT2D eigenvalue weighted by Crippen LogP contribution is -2.17. The SMILES string of the molecule is CC[C@@H](C)Nc1nc(Nc2ccc(F)cc2Cl)cc(-c2cccc(OC(F)(F)F)c2)n1. The highest BCUT2D eigenvalue weighted by Gasteiger charge is 2.31. The zero-order valence-electron chi connectivity index (χ0n) is 16.6. The second kappa shape index (κ2) is 9.38. The summed E-state index contributed by atoms with van der Waals surface area (Å²) in [6.45, 7) is 3.93. The molecule has 0 unspecified atom stereocenters. The van der Waals surface area contributed by atoms with Gasteiger partial charge in [0.2, 0.25) is 5.95 Å². The first kappa shape index (κ1) is 22.6. The fourth-order valence-corrected chi connectivity index (χ4v) is 2.84. The molecule has 3 aromatic rings. The summed E-state index contributed by atoms with van der Waals surface area (Å²) in [5.74, 6) is -0.253. The lowest BCUT2D eigenvalue weighted by Gasteiger charge is -2.15. The molecule has 0 saturated heterocycles. The van der Waals surface area contributed by atoms with Crippen LogP contribution in [-0.2, 0) is 0 Å². The van der Waals surface area contributed by atoms with E-state index in [1.165, 1.54) is 30.3 Å². The molecule has 0 fully saturated rings. The van der Waals surface area contributed by atoms with Gasteiger partial charge in [-0.3, -0.25) is 0 Å². The van der Waals surface area contributed by atoms with Gasteiger partial charge in [0.25, 0.3) is 0 Å². The van der Waals surface area contributed by atoms with Crippen molar-refractivity contribution in [2.75, 3.05) is 10.6 Å². The van der Waals surface area contributed by atoms with Crippen molar-refractivity contribution in [2.24, 2.45) is 0 Å². The molecule has 0 aliphatic heterocycles. The van der Waals surface area contributed by atoms with Crippen molar-refractivity contribution in [3.05, 3.63) is 59.4 Å². The van der Waals surface area contributed by atoms with Gasteiger partial charge in [0.1, 0.15) is 17.4 Å². The molecule has 3 rings (SSSR count). The van der Waals surface area contributed by atoms with E-state index in [-0.39, 0.29) is 22.8 Å². The van der Waals surface area contributed by atoms with E-state index in [1.54, 1.807) is 12.1 Å². The summed E-state index contributed by atoms with van der Waals surface area (Å²) in [4.78, 5) is 8.81. The molecule has 5 nitrogen and oxygen atoms in total. The first-order chi connectivity index (χ1) is 14.6. The summed E-state index contributed by atoms with van der Waals surface area (Å²) < 4.78 is 55.1. The molecule has 2 N–H and O–H groups in total. The Labute approximate surface area is 181 Å². The van der Waals surface area contributed by atoms with Crippen LogP contribution in [0.2, 0.25) is 5.02 Å². The molecule has 1 heterocycles. The van der Waals surface area contributed by atoms with Crippen molar-refractivity contribution in [2.45, 2.75) is 32.7 Å². The second-order valence-corrected chi connectivity index (χ2v) is 7.15. The van der Waals surface area contributed by atoms with E-state index >= 15 is 0 Å². The number of nitrogens with one attached hydrogen (secondary N) is 2. The van der Waals surface area contributed by atoms with E-state index in [1.807, 2.05) is 13.8 Å². The third-order valence-electron chi connectivity index (χ3n) is 4.27. The van der Waals surface area contributed by atoms with Gasteiger partial charge in [-0.05, 0) is 43.7 Å². The Hall–Kier alpha value is -3.07. The average Bonchev–Trinajstić information content (AvgIpc) is 2.69. The van der Waals surface area contributed by atoms with Crippen molar-refractivity contribution in [1.29, 1.82) is 0 Å². The third kappa shape index (κ3) is 6.45. The maximum Gasteiger partial charge on any atom is 0.573 e. The normalized spacial score (nSPS) is 12.4. The van der Waals surface area contributed by atoms with Gasteiger partial charge < -0.3 is 15.4 Å². The number of ether oxygens (including phenoxy) is 1. The zero-order valence-corrected chi connectivity index (χ0v) is 17.4. The highest BCUT2D eigenvalue weighted by molar-refractivity contribution is 6.33. The van der Waals surface area contributed by atoms with Gasteiger partial charge in [-0.2, -0.15) is 4.98 Å². The topological polar surface area (TPSA) is 59.1 Å². The van der Waals surface area contributed by atoms with Gasteiger partial charge >= 0.3 is 6.36 Å². The minimum absolute atomic E-state index is 0.0532. The van der Waals surface area contributed by atoms with Crippen LogP contribution in [0, 0.1) is 5.82 Å². The van der Waals surface area contributed by atoms with Crippen LogP contribution in [0.25, 0.3) is 11.3 Å². The first-order valence-electron chi connectivity index (χ1n) is 9.37. The van der Waals surface area contributed by atoms with Crippen LogP contribution >= 0.6 is 11.6 Å². The Morgan fingerprint density at radius 2 is 1.87 bits per heavy atom. The van der Waals surface area contributed by atoms with Crippen LogP contribution in [0.3, 0.4) is 0 Å². The molecule has 0 bridgehead atoms. The van der Waals surface area contributed by atoms with Gasteiger partial charge in [-0.15, -0.1) is 13.2 Å². The van der Waals surface area contributed by atoms with Gasteiger partial charge in [0.15, 0.2) is 0 Å². The monoisotopic (exact) mass is 454 g/mol. The smallest absolute Gasteiger partial charge is 0.406 e. The highest BCUT2D eigenvalue weighted by Crippen LogP contribution is 2.31. The number of halogens is 5. The van der Waals surface area contributed by atoms with Gasteiger partial charge in [-0.1, -0.05) is 30.7 Å². The maximum absolute atomic E-state index is 13.3. The van der Waals surface area contributed by atoms with Crippen molar-refractivity contribution in [3.8, 4) is 17.0 Å². The lowest BCUT2D eigenvalue weighted by atomic mass is 10.1. The molecule has 31 heavy (non-hydrogen) atoms. The quantitative estimate of drug-likeness (QED) is 0.385. The molecule has 0 spiro atoms. The standard InChI is InChI=1S/C21H19ClF4N4O/c1-3-12(2)27-20-29-18(13-5-4-6-15(9-13)31-21(24,25)26)11-19(30-20)28-17-8-7-14(23)10-16(17)22/h4-12H,3H2,1-2H3,(H2,27,28,29,30)/t12-/m1/s1. The van der Waals surface area contributed by atoms with E-state index in [0.717, 1.165) is 12.5 Å². The molecule has 0 aliphatic carbocycles. The van der Waals surface area contributed by atoms with Crippen LogP contribution in [0.1, 0.15) is 20.3 Å². The van der Waals surface area contributed by atoms with Gasteiger partial charge in [-0.25, -0.2) is 9.37 Å². The Bertz CT molecular complexity index is 1060. The summed E-state index contributed by atoms with van der Waals surface area (Å²) in [5.41, 5.74) is 1.16. The van der Waals surface area contributed by atoms with E-state index in [9.17, 15) is 17.6 Å². The van der Waals surface area contributed by atoms with Crippen molar-refractivity contribution < 1.29 is 22.3 Å². The number of benzene rings is 2. The number of hydrogen-bond donors (Lipinski definition) is 2. The highest BCUT2D eigenvalue weighted by atomic mass is 35.5. The average molecular weight is 455 g/mol. The molecule has 1 atom stereocenters. The largest absolute Gasteiger partial charge is 0.573 e. The Morgan fingerprint density at radius 3 is 2.55 bits per heavy atom. The van der Waals surface area contributed by atoms with Gasteiger partial charge in [0.05, 0.1) is 16.4 Å². The fraction of sp³-hybridized carbons (Fsp3) is 0.238. The summed E-state index contributed by atoms with van der Waals surface area (Å²) in [7, 11) is 0. The summed E-state index contributed by atoms with van der Waals surface area (Å²) in [6.07, 6.45) is -4.01. The summed E-state index contributed by atoms with van der Waals surface area (Å²) >= 11 is 6.08. The predicted molar refractivity (Wildman–Crippen MR) is 112 cm³/mol. The van der Waals surface area contributed by atoms with E-state index in [4.69, 9.17) is 11.6 Å². The van der Waals surface area contributed by atoms with Crippen molar-refractivity contribution in [1.82, 2.24) is 9.97 Å². The lowest BCUT2D eigenvalue weighted by molar-refractivity contribution is -0.274. The minimum atomic E-state index is -4.81. The third-order valence-corrected chi connectivity index (χ3v) is 4.58. The van der Waals surface area contributed by atoms with Gasteiger partial charge in [0, 0.05) is 17.7 Å². The van der Waals surface area contributed by atoms with Crippen molar-refractivity contribution >= 4 is 29.1 Å². The van der Waals surface area contributed by atoms with Crippen LogP contribution in [0.5, 0.6) is 5.75 Å². The van der Waals surface area contributed by atoms with Crippen LogP contribution in [0.4, 0.5) is 35.0 Å². The molecule has 0 saturated carbocycles. The minimum Gasteiger partial charge on any atom is -0.406 e. The molecule has 1 aromatic heterocycles. The number of anilines is 3. The van der Waals surface area contributed by atoms with Crippen LogP contribution < -0.4 is 15.4 Å². The maximum atomic E-state index is 13.3. The molecule has 0 radical (unpaired) electrons. The predicted octanol–water partition coefficient (Wildman–Crippen LogP) is 6.79. The summed E-state index contributed by atoms with van der Waals surface area (Å²) in [5, 5.41) is 6.28. The number of nitrogens with zero attached hydrogens (tertiary/aromatic N) is 2. The molecule has 10 heteroatoms. The van der Waals surface area contributed by atoms with E-state index in [0.29, 0.717) is 22.8 Å². The molecular weight excluding hydrogens is 436 g/mol. The Morgan fingerprint density at radius 1 is 1.10 bits per heavy atom. The molecular formula is C21H19ClF4N4O. The summed E-state index contributed by atoms with van der Waals surface area (Å²) in [6, 6.07) is 10.9. The Kier molecular flexibility index (Phi) is 6.84. The zero-order chi connectivity index (χ0) is 22.6. The molecule has 164 valence electrons. The van der Waals surface area contributed by atoms with Crippen molar-refractivity contribution in [3.63, 3.8) is 0 Å². The molecule has 0 aliphatic rings. The van der Waals surface area contributed by atoms with E-state index in [2.05, 4.69) is 25.3 Å². The number of alkyl halides is 3. The number of aromatic nitrogens is 2. The molecule has 2 aromatic carbocycles.